The normalized spacial score (nSPS) is 24.9. The molecule has 4 N–H and O–H groups in total. The molecule has 0 radical (unpaired) electrons. The number of anilines is 1. The van der Waals surface area contributed by atoms with E-state index < -0.39 is 46.8 Å². The van der Waals surface area contributed by atoms with Crippen LogP contribution in [0.3, 0.4) is 0 Å². The molecular formula is C21H18F8N8. The third-order valence-electron chi connectivity index (χ3n) is 6.53. The molecule has 1 atom stereocenters. The van der Waals surface area contributed by atoms with Crippen molar-refractivity contribution in [3.8, 4) is 0 Å². The van der Waals surface area contributed by atoms with Crippen LogP contribution in [0.5, 0.6) is 0 Å². The average Bonchev–Trinajstić information content (AvgIpc) is 2.74. The maximum atomic E-state index is 13.5. The average molecular weight is 534 g/mol. The molecule has 1 spiro atoms. The Morgan fingerprint density at radius 3 is 2.27 bits per heavy atom. The highest BCUT2D eigenvalue weighted by Gasteiger charge is 2.65. The number of aromatic nitrogens is 3. The fourth-order valence-electron chi connectivity index (χ4n) is 4.95. The fourth-order valence-corrected chi connectivity index (χ4v) is 4.95. The topological polar surface area (TPSA) is 113 Å². The smallest absolute Gasteiger partial charge is 0.326 e. The van der Waals surface area contributed by atoms with E-state index in [1.54, 1.807) is 0 Å². The highest BCUT2D eigenvalue weighted by Crippen LogP contribution is 2.66. The molecule has 2 fully saturated rings. The molecule has 2 aromatic heterocycles. The molecule has 2 aromatic rings. The fraction of sp³-hybridized carbons (Fsp3) is 0.476. The van der Waals surface area contributed by atoms with Crippen molar-refractivity contribution >= 4 is 17.5 Å². The largest absolute Gasteiger partial charge is 0.434 e. The maximum Gasteiger partial charge on any atom is 0.434 e. The number of hydrogen-bond acceptors (Lipinski definition) is 8. The number of aliphatic imine (C=N–C) groups is 2. The zero-order valence-electron chi connectivity index (χ0n) is 18.6. The Bertz CT molecular complexity index is 1270. The number of hydrogen-bond donors (Lipinski definition) is 3. The first-order valence-corrected chi connectivity index (χ1v) is 10.9. The Morgan fingerprint density at radius 2 is 1.65 bits per heavy atom. The minimum atomic E-state index is -4.81. The van der Waals surface area contributed by atoms with E-state index in [9.17, 15) is 35.1 Å². The number of guanidine groups is 1. The molecule has 3 aliphatic rings. The molecule has 8 nitrogen and oxygen atoms in total. The summed E-state index contributed by atoms with van der Waals surface area (Å²) in [4.78, 5) is 18.8. The van der Waals surface area contributed by atoms with Gasteiger partial charge in [0, 0.05) is 30.6 Å². The second-order valence-electron chi connectivity index (χ2n) is 9.48. The number of pyridine rings is 1. The van der Waals surface area contributed by atoms with E-state index >= 15 is 0 Å². The van der Waals surface area contributed by atoms with Crippen LogP contribution in [0.4, 0.5) is 40.8 Å². The van der Waals surface area contributed by atoms with Gasteiger partial charge in [0.1, 0.15) is 11.4 Å². The number of halogens is 8. The van der Waals surface area contributed by atoms with Crippen LogP contribution < -0.4 is 16.4 Å². The highest BCUT2D eigenvalue weighted by molar-refractivity contribution is 6.12. The van der Waals surface area contributed by atoms with Crippen LogP contribution in [0.15, 0.2) is 40.7 Å². The third kappa shape index (κ3) is 4.93. The first kappa shape index (κ1) is 25.2. The predicted molar refractivity (Wildman–Crippen MR) is 113 cm³/mol. The van der Waals surface area contributed by atoms with Crippen molar-refractivity contribution in [1.29, 1.82) is 0 Å². The predicted octanol–water partition coefficient (Wildman–Crippen LogP) is 4.17. The van der Waals surface area contributed by atoms with Gasteiger partial charge in [-0.05, 0) is 30.4 Å². The van der Waals surface area contributed by atoms with Crippen LogP contribution >= 0.6 is 0 Å². The number of amidine groups is 1. The zero-order chi connectivity index (χ0) is 26.9. The van der Waals surface area contributed by atoms with Crippen LogP contribution in [0.2, 0.25) is 0 Å². The van der Waals surface area contributed by atoms with Crippen LogP contribution in [-0.2, 0) is 12.4 Å². The molecule has 1 unspecified atom stereocenters. The van der Waals surface area contributed by atoms with Gasteiger partial charge in [-0.1, -0.05) is 0 Å². The van der Waals surface area contributed by atoms with Crippen LogP contribution in [0.25, 0.3) is 0 Å². The summed E-state index contributed by atoms with van der Waals surface area (Å²) in [7, 11) is 0. The summed E-state index contributed by atoms with van der Waals surface area (Å²) in [6.07, 6.45) is -7.27. The summed E-state index contributed by atoms with van der Waals surface area (Å²) in [5, 5.41) is 5.20. The minimum absolute atomic E-state index is 0.101. The van der Waals surface area contributed by atoms with Gasteiger partial charge in [0.25, 0.3) is 0 Å². The monoisotopic (exact) mass is 534 g/mol. The molecule has 37 heavy (non-hydrogen) atoms. The van der Waals surface area contributed by atoms with Gasteiger partial charge in [0.15, 0.2) is 11.5 Å². The lowest BCUT2D eigenvalue weighted by Crippen LogP contribution is -2.62. The molecule has 198 valence electrons. The second kappa shape index (κ2) is 8.03. The van der Waals surface area contributed by atoms with Gasteiger partial charge in [-0.15, -0.1) is 0 Å². The minimum Gasteiger partial charge on any atom is -0.326 e. The van der Waals surface area contributed by atoms with Crippen LogP contribution in [0, 0.1) is 11.3 Å². The quantitative estimate of drug-likeness (QED) is 0.510. The lowest BCUT2D eigenvalue weighted by Gasteiger charge is -2.59. The van der Waals surface area contributed by atoms with Gasteiger partial charge in [0.2, 0.25) is 17.7 Å². The number of nitrogens with two attached hydrogens (primary N) is 1. The van der Waals surface area contributed by atoms with Gasteiger partial charge < -0.3 is 10.6 Å². The number of rotatable bonds is 3. The molecule has 1 aliphatic heterocycles. The third-order valence-corrected chi connectivity index (χ3v) is 6.53. The summed E-state index contributed by atoms with van der Waals surface area (Å²) < 4.78 is 106. The Kier molecular flexibility index (Phi) is 5.48. The van der Waals surface area contributed by atoms with Crippen molar-refractivity contribution in [1.82, 2.24) is 20.3 Å². The SMILES string of the molecule is NC1(C2CC3(C2)CC(F)(F)C3)N=C(Nc2ccnc(C(F)(F)F)c2)NC(c2cncc(C(F)(F)F)n2)=N1. The summed E-state index contributed by atoms with van der Waals surface area (Å²) in [5.74, 6) is -5.64. The molecule has 2 saturated carbocycles. The van der Waals surface area contributed by atoms with Crippen molar-refractivity contribution in [2.75, 3.05) is 5.32 Å². The molecule has 3 heterocycles. The van der Waals surface area contributed by atoms with Crippen molar-refractivity contribution in [3.05, 3.63) is 47.8 Å². The molecule has 16 heteroatoms. The van der Waals surface area contributed by atoms with Crippen molar-refractivity contribution in [2.24, 2.45) is 27.1 Å². The Morgan fingerprint density at radius 1 is 0.973 bits per heavy atom. The van der Waals surface area contributed by atoms with E-state index in [2.05, 4.69) is 35.6 Å². The van der Waals surface area contributed by atoms with Crippen molar-refractivity contribution < 1.29 is 35.1 Å². The number of nitrogens with zero attached hydrogens (tertiary/aromatic N) is 5. The number of alkyl halides is 8. The lowest BCUT2D eigenvalue weighted by atomic mass is 9.49. The molecular weight excluding hydrogens is 516 g/mol. The van der Waals surface area contributed by atoms with E-state index in [0.29, 0.717) is 12.3 Å². The lowest BCUT2D eigenvalue weighted by molar-refractivity contribution is -0.214. The van der Waals surface area contributed by atoms with Crippen molar-refractivity contribution in [2.45, 2.75) is 49.7 Å². The highest BCUT2D eigenvalue weighted by atomic mass is 19.4. The van der Waals surface area contributed by atoms with E-state index in [4.69, 9.17) is 5.73 Å². The molecule has 0 bridgehead atoms. The van der Waals surface area contributed by atoms with Gasteiger partial charge in [-0.3, -0.25) is 15.7 Å². The van der Waals surface area contributed by atoms with Crippen molar-refractivity contribution in [3.63, 3.8) is 0 Å². The van der Waals surface area contributed by atoms with Gasteiger partial charge in [-0.2, -0.15) is 26.3 Å². The Hall–Kier alpha value is -3.43. The molecule has 0 aromatic carbocycles. The molecule has 0 amide bonds. The summed E-state index contributed by atoms with van der Waals surface area (Å²) >= 11 is 0. The van der Waals surface area contributed by atoms with Gasteiger partial charge in [-0.25, -0.2) is 23.7 Å². The maximum absolute atomic E-state index is 13.5. The molecule has 0 saturated heterocycles. The van der Waals surface area contributed by atoms with Gasteiger partial charge >= 0.3 is 12.4 Å². The zero-order valence-corrected chi connectivity index (χ0v) is 18.6. The summed E-state index contributed by atoms with van der Waals surface area (Å²) in [6, 6.07) is 1.91. The van der Waals surface area contributed by atoms with E-state index in [0.717, 1.165) is 12.4 Å². The Balaban J connectivity index is 1.47. The molecule has 5 rings (SSSR count). The standard InChI is InChI=1S/C21H18F8N8/c22-18(23)8-17(9-18)4-10(5-17)21(30)36-15(12-6-31-7-14(34-12)20(27,28)29)35-16(37-21)33-11-1-2-32-13(3-11)19(24,25)26/h1-3,6-7,10H,4-5,8-9,30H2,(H2,32,33,35,36,37). The molecule has 2 aliphatic carbocycles. The summed E-state index contributed by atoms with van der Waals surface area (Å²) in [5.41, 5.74) is 2.84. The van der Waals surface area contributed by atoms with E-state index in [1.165, 1.54) is 6.07 Å². The first-order chi connectivity index (χ1) is 17.1. The Labute approximate surface area is 203 Å². The first-order valence-electron chi connectivity index (χ1n) is 10.9. The van der Waals surface area contributed by atoms with Gasteiger partial charge in [0.05, 0.1) is 12.4 Å². The van der Waals surface area contributed by atoms with E-state index in [1.807, 2.05) is 0 Å². The second-order valence-corrected chi connectivity index (χ2v) is 9.48. The van der Waals surface area contributed by atoms with Crippen LogP contribution in [0.1, 0.15) is 42.8 Å². The van der Waals surface area contributed by atoms with E-state index in [-0.39, 0.29) is 48.9 Å². The summed E-state index contributed by atoms with van der Waals surface area (Å²) in [6.45, 7) is 0. The van der Waals surface area contributed by atoms with Crippen LogP contribution in [-0.4, -0.2) is 38.5 Å². The number of nitrogens with one attached hydrogen (secondary N) is 2.